The number of phosphoric ester groups is 1. The van der Waals surface area contributed by atoms with Gasteiger partial charge < -0.3 is 19.6 Å². The first kappa shape index (κ1) is 31.1. The Bertz CT molecular complexity index is 908. The molecule has 0 amide bonds. The molecule has 1 unspecified atom stereocenters. The minimum atomic E-state index is -4.71. The molecule has 1 heterocycles. The molecule has 1 aliphatic rings. The monoisotopic (exact) mass is 526 g/mol. The molecule has 1 aromatic rings. The van der Waals surface area contributed by atoms with Crippen LogP contribution in [0.1, 0.15) is 115 Å². The number of aromatic hydroxyl groups is 1. The van der Waals surface area contributed by atoms with Gasteiger partial charge in [-0.3, -0.25) is 4.52 Å². The van der Waals surface area contributed by atoms with Crippen LogP contribution in [0, 0.1) is 38.5 Å². The predicted octanol–water partition coefficient (Wildman–Crippen LogP) is 7.93. The van der Waals surface area contributed by atoms with Crippen LogP contribution in [0.2, 0.25) is 0 Å². The zero-order valence-corrected chi connectivity index (χ0v) is 24.8. The van der Waals surface area contributed by atoms with Crippen LogP contribution in [0.3, 0.4) is 0 Å². The second-order valence-corrected chi connectivity index (χ2v) is 13.3. The molecule has 36 heavy (non-hydrogen) atoms. The number of phosphoric acid groups is 1. The molecule has 6 nitrogen and oxygen atoms in total. The van der Waals surface area contributed by atoms with Crippen LogP contribution in [0.4, 0.5) is 0 Å². The lowest BCUT2D eigenvalue weighted by molar-refractivity contribution is -0.0589. The molecule has 0 saturated heterocycles. The number of fused-ring (bicyclic) bond motifs is 1. The second kappa shape index (κ2) is 13.1. The Morgan fingerprint density at radius 3 is 1.97 bits per heavy atom. The lowest BCUT2D eigenvalue weighted by atomic mass is 9.81. The molecule has 0 spiro atoms. The quantitative estimate of drug-likeness (QED) is 0.213. The van der Waals surface area contributed by atoms with Crippen molar-refractivity contribution in [1.82, 2.24) is 0 Å². The summed E-state index contributed by atoms with van der Waals surface area (Å²) < 4.78 is 23.6. The first-order chi connectivity index (χ1) is 16.6. The summed E-state index contributed by atoms with van der Waals surface area (Å²) in [4.78, 5) is 19.2. The van der Waals surface area contributed by atoms with Crippen LogP contribution < -0.4 is 4.74 Å². The van der Waals surface area contributed by atoms with Gasteiger partial charge in [0.05, 0.1) is 0 Å². The van der Waals surface area contributed by atoms with Crippen LogP contribution in [-0.4, -0.2) is 26.6 Å². The van der Waals surface area contributed by atoms with Gasteiger partial charge in [-0.1, -0.05) is 72.6 Å². The van der Waals surface area contributed by atoms with Crippen molar-refractivity contribution in [3.05, 3.63) is 22.3 Å². The summed E-state index contributed by atoms with van der Waals surface area (Å²) in [5.41, 5.74) is 2.23. The second-order valence-electron chi connectivity index (χ2n) is 12.1. The maximum absolute atomic E-state index is 11.8. The van der Waals surface area contributed by atoms with Crippen molar-refractivity contribution in [3.63, 3.8) is 0 Å². The van der Waals surface area contributed by atoms with Gasteiger partial charge in [0, 0.05) is 12.0 Å². The standard InChI is InChI=1S/C29H51O6P/c1-19(2)12-9-13-20(3)14-10-15-21(4)16-11-17-29(8)26(35-36(31,32)33)18-25-24(7)27(30)22(5)23(6)28(25)34-29/h19-21,26,30H,9-18H2,1-8H3,(H2,31,32,33)/t20-,21+,26?,29-/m0/s1. The minimum absolute atomic E-state index is 0.205. The van der Waals surface area contributed by atoms with E-state index in [1.165, 1.54) is 38.5 Å². The number of phenolic OH excluding ortho intramolecular Hbond substituents is 1. The highest BCUT2D eigenvalue weighted by Gasteiger charge is 2.46. The largest absolute Gasteiger partial charge is 0.507 e. The first-order valence-electron chi connectivity index (χ1n) is 13.9. The molecule has 0 aromatic heterocycles. The SMILES string of the molecule is Cc1c(C)c2c(c(C)c1O)CC(OP(=O)(O)O)[C@](C)(CCC[C@H](C)CCC[C@@H](C)CCCC(C)C)O2. The van der Waals surface area contributed by atoms with Crippen molar-refractivity contribution in [3.8, 4) is 11.5 Å². The molecule has 0 aliphatic carbocycles. The van der Waals surface area contributed by atoms with E-state index in [2.05, 4.69) is 27.7 Å². The fraction of sp³-hybridized carbons (Fsp3) is 0.793. The normalized spacial score (nSPS) is 21.8. The van der Waals surface area contributed by atoms with E-state index in [1.54, 1.807) is 0 Å². The van der Waals surface area contributed by atoms with Crippen molar-refractivity contribution in [2.75, 3.05) is 0 Å². The third-order valence-electron chi connectivity index (χ3n) is 8.25. The van der Waals surface area contributed by atoms with Gasteiger partial charge in [0.1, 0.15) is 23.2 Å². The van der Waals surface area contributed by atoms with Crippen LogP contribution in [-0.2, 0) is 15.5 Å². The highest BCUT2D eigenvalue weighted by molar-refractivity contribution is 7.46. The van der Waals surface area contributed by atoms with E-state index < -0.39 is 19.5 Å². The van der Waals surface area contributed by atoms with Crippen LogP contribution in [0.5, 0.6) is 11.5 Å². The van der Waals surface area contributed by atoms with E-state index in [9.17, 15) is 19.5 Å². The number of ether oxygens (including phenoxy) is 1. The average Bonchev–Trinajstić information content (AvgIpc) is 2.76. The predicted molar refractivity (Wildman–Crippen MR) is 147 cm³/mol. The molecule has 3 N–H and O–H groups in total. The third kappa shape index (κ3) is 8.75. The molecular weight excluding hydrogens is 475 g/mol. The van der Waals surface area contributed by atoms with Gasteiger partial charge in [-0.2, -0.15) is 0 Å². The van der Waals surface area contributed by atoms with Crippen LogP contribution in [0.15, 0.2) is 0 Å². The zero-order valence-electron chi connectivity index (χ0n) is 23.9. The molecule has 0 bridgehead atoms. The number of hydrogen-bond donors (Lipinski definition) is 3. The Kier molecular flexibility index (Phi) is 11.4. The zero-order chi connectivity index (χ0) is 27.3. The maximum atomic E-state index is 11.8. The van der Waals surface area contributed by atoms with Crippen molar-refractivity contribution in [2.45, 2.75) is 131 Å². The van der Waals surface area contributed by atoms with E-state index in [0.717, 1.165) is 47.1 Å². The number of hydrogen-bond acceptors (Lipinski definition) is 4. The molecule has 4 atom stereocenters. The highest BCUT2D eigenvalue weighted by atomic mass is 31.2. The van der Waals surface area contributed by atoms with Gasteiger partial charge >= 0.3 is 7.82 Å². The fourth-order valence-corrected chi connectivity index (χ4v) is 6.19. The Balaban J connectivity index is 1.98. The number of rotatable bonds is 14. The number of benzene rings is 1. The molecule has 0 saturated carbocycles. The molecular formula is C29H51O6P. The van der Waals surface area contributed by atoms with Crippen molar-refractivity contribution in [2.24, 2.45) is 17.8 Å². The number of phenols is 1. The Hall–Kier alpha value is -1.07. The Morgan fingerprint density at radius 2 is 1.44 bits per heavy atom. The van der Waals surface area contributed by atoms with Gasteiger partial charge in [0.2, 0.25) is 0 Å². The van der Waals surface area contributed by atoms with Crippen molar-refractivity contribution < 1.29 is 28.7 Å². The summed E-state index contributed by atoms with van der Waals surface area (Å²) in [6.45, 7) is 16.7. The molecule has 1 aliphatic heterocycles. The molecule has 0 radical (unpaired) electrons. The van der Waals surface area contributed by atoms with Crippen LogP contribution >= 0.6 is 7.82 Å². The summed E-state index contributed by atoms with van der Waals surface area (Å²) >= 11 is 0. The van der Waals surface area contributed by atoms with E-state index in [-0.39, 0.29) is 5.75 Å². The lowest BCUT2D eigenvalue weighted by Gasteiger charge is -2.43. The van der Waals surface area contributed by atoms with Crippen molar-refractivity contribution in [1.29, 1.82) is 0 Å². The molecule has 1 aromatic carbocycles. The van der Waals surface area contributed by atoms with Gasteiger partial charge in [0.15, 0.2) is 0 Å². The summed E-state index contributed by atoms with van der Waals surface area (Å²) in [6, 6.07) is 0. The van der Waals surface area contributed by atoms with Crippen LogP contribution in [0.25, 0.3) is 0 Å². The van der Waals surface area contributed by atoms with E-state index in [4.69, 9.17) is 9.26 Å². The maximum Gasteiger partial charge on any atom is 0.470 e. The molecule has 0 fully saturated rings. The fourth-order valence-electron chi connectivity index (χ4n) is 5.56. The molecule has 208 valence electrons. The van der Waals surface area contributed by atoms with Gasteiger partial charge in [-0.15, -0.1) is 0 Å². The summed E-state index contributed by atoms with van der Waals surface area (Å²) in [5.74, 6) is 3.09. The summed E-state index contributed by atoms with van der Waals surface area (Å²) in [7, 11) is -4.71. The van der Waals surface area contributed by atoms with Crippen molar-refractivity contribution >= 4 is 7.82 Å². The highest BCUT2D eigenvalue weighted by Crippen LogP contribution is 2.49. The molecule has 7 heteroatoms. The molecule has 2 rings (SSSR count). The van der Waals surface area contributed by atoms with E-state index in [1.807, 2.05) is 27.7 Å². The van der Waals surface area contributed by atoms with Gasteiger partial charge in [-0.05, 0) is 75.0 Å². The first-order valence-corrected chi connectivity index (χ1v) is 15.4. The summed E-state index contributed by atoms with van der Waals surface area (Å²) in [6.07, 6.45) is 9.77. The summed E-state index contributed by atoms with van der Waals surface area (Å²) in [5, 5.41) is 10.5. The smallest absolute Gasteiger partial charge is 0.470 e. The Morgan fingerprint density at radius 1 is 0.917 bits per heavy atom. The van der Waals surface area contributed by atoms with Gasteiger partial charge in [-0.25, -0.2) is 4.57 Å². The van der Waals surface area contributed by atoms with E-state index in [0.29, 0.717) is 24.3 Å². The Labute approximate surface area is 219 Å². The average molecular weight is 527 g/mol. The van der Waals surface area contributed by atoms with Gasteiger partial charge in [0.25, 0.3) is 0 Å². The lowest BCUT2D eigenvalue weighted by Crippen LogP contribution is -2.50. The minimum Gasteiger partial charge on any atom is -0.507 e. The topological polar surface area (TPSA) is 96.2 Å². The third-order valence-corrected chi connectivity index (χ3v) is 8.78. The van der Waals surface area contributed by atoms with E-state index >= 15 is 0 Å².